The lowest BCUT2D eigenvalue weighted by Crippen LogP contribution is -2.31. The third-order valence-electron chi connectivity index (χ3n) is 7.11. The highest BCUT2D eigenvalue weighted by Gasteiger charge is 2.32. The molecular formula is C30H28F3N3O4S2. The molecule has 1 atom stereocenters. The fourth-order valence-corrected chi connectivity index (χ4v) is 7.04. The van der Waals surface area contributed by atoms with Crippen LogP contribution in [-0.4, -0.2) is 38.6 Å². The number of benzene rings is 3. The maximum Gasteiger partial charge on any atom is 0.260 e. The van der Waals surface area contributed by atoms with Crippen LogP contribution in [0, 0.1) is 24.4 Å². The van der Waals surface area contributed by atoms with Gasteiger partial charge in [0, 0.05) is 41.2 Å². The number of thioether (sulfide) groups is 1. The van der Waals surface area contributed by atoms with Crippen molar-refractivity contribution in [3.05, 3.63) is 105 Å². The van der Waals surface area contributed by atoms with Crippen LogP contribution in [0.1, 0.15) is 22.7 Å². The van der Waals surface area contributed by atoms with E-state index in [0.29, 0.717) is 39.8 Å². The van der Waals surface area contributed by atoms with E-state index >= 15 is 4.39 Å². The number of hydrogen-bond donors (Lipinski definition) is 2. The number of fused-ring (bicyclic) bond motifs is 1. The molecule has 0 radical (unpaired) electrons. The SMILES string of the molecule is COc1cccc(-c2c(C)c(Cc3c(F)cccc3F)c3n(c2=O)C(CNc2ccc(NS(C)(=O)=O)cc2)CS3)c1F. The van der Waals surface area contributed by atoms with Gasteiger partial charge in [0.05, 0.1) is 30.0 Å². The van der Waals surface area contributed by atoms with Crippen molar-refractivity contribution in [2.45, 2.75) is 24.4 Å². The highest BCUT2D eigenvalue weighted by molar-refractivity contribution is 7.99. The summed E-state index contributed by atoms with van der Waals surface area (Å²) in [6.07, 6.45) is 0.939. The zero-order valence-corrected chi connectivity index (χ0v) is 24.6. The molecule has 0 bridgehead atoms. The summed E-state index contributed by atoms with van der Waals surface area (Å²) in [4.78, 5) is 14.1. The molecule has 0 saturated heterocycles. The van der Waals surface area contributed by atoms with E-state index in [1.165, 1.54) is 49.2 Å². The Balaban J connectivity index is 1.58. The van der Waals surface area contributed by atoms with E-state index in [1.54, 1.807) is 41.8 Å². The van der Waals surface area contributed by atoms with E-state index in [9.17, 15) is 22.0 Å². The van der Waals surface area contributed by atoms with E-state index in [4.69, 9.17) is 4.74 Å². The lowest BCUT2D eigenvalue weighted by Gasteiger charge is -2.21. The van der Waals surface area contributed by atoms with Crippen molar-refractivity contribution in [3.8, 4) is 16.9 Å². The average molecular weight is 616 g/mol. The van der Waals surface area contributed by atoms with Gasteiger partial charge in [-0.15, -0.1) is 11.8 Å². The second kappa shape index (κ2) is 11.8. The van der Waals surface area contributed by atoms with Crippen LogP contribution in [0.15, 0.2) is 70.5 Å². The van der Waals surface area contributed by atoms with Crippen molar-refractivity contribution in [2.75, 3.05) is 35.7 Å². The summed E-state index contributed by atoms with van der Waals surface area (Å²) in [6.45, 7) is 1.98. The smallest absolute Gasteiger partial charge is 0.260 e. The molecule has 1 aliphatic heterocycles. The van der Waals surface area contributed by atoms with Gasteiger partial charge in [0.25, 0.3) is 5.56 Å². The van der Waals surface area contributed by atoms with Crippen LogP contribution in [0.5, 0.6) is 5.75 Å². The minimum Gasteiger partial charge on any atom is -0.494 e. The van der Waals surface area contributed by atoms with Gasteiger partial charge >= 0.3 is 0 Å². The lowest BCUT2D eigenvalue weighted by molar-refractivity contribution is 0.387. The van der Waals surface area contributed by atoms with E-state index < -0.39 is 33.0 Å². The predicted molar refractivity (Wildman–Crippen MR) is 160 cm³/mol. The van der Waals surface area contributed by atoms with Gasteiger partial charge in [0.15, 0.2) is 11.6 Å². The Kier molecular flexibility index (Phi) is 8.29. The molecule has 0 amide bonds. The molecule has 0 spiro atoms. The largest absolute Gasteiger partial charge is 0.494 e. The molecule has 220 valence electrons. The van der Waals surface area contributed by atoms with Crippen molar-refractivity contribution in [3.63, 3.8) is 0 Å². The first kappa shape index (κ1) is 29.6. The zero-order chi connectivity index (χ0) is 30.2. The van der Waals surface area contributed by atoms with Gasteiger partial charge in [-0.2, -0.15) is 0 Å². The fraction of sp³-hybridized carbons (Fsp3) is 0.233. The molecule has 1 aliphatic rings. The molecule has 42 heavy (non-hydrogen) atoms. The summed E-state index contributed by atoms with van der Waals surface area (Å²) in [5.74, 6) is -1.65. The minimum absolute atomic E-state index is 0.0279. The van der Waals surface area contributed by atoms with Crippen molar-refractivity contribution >= 4 is 33.2 Å². The van der Waals surface area contributed by atoms with Crippen LogP contribution in [0.4, 0.5) is 24.5 Å². The molecule has 12 heteroatoms. The van der Waals surface area contributed by atoms with Crippen molar-refractivity contribution in [2.24, 2.45) is 0 Å². The first-order valence-corrected chi connectivity index (χ1v) is 15.8. The van der Waals surface area contributed by atoms with Gasteiger partial charge in [-0.1, -0.05) is 18.2 Å². The number of sulfonamides is 1. The summed E-state index contributed by atoms with van der Waals surface area (Å²) < 4.78 is 77.1. The Bertz CT molecular complexity index is 1810. The van der Waals surface area contributed by atoms with E-state index in [2.05, 4.69) is 10.0 Å². The number of pyridine rings is 1. The van der Waals surface area contributed by atoms with Crippen molar-refractivity contribution in [1.82, 2.24) is 4.57 Å². The molecule has 2 heterocycles. The van der Waals surface area contributed by atoms with Crippen LogP contribution in [0.2, 0.25) is 0 Å². The van der Waals surface area contributed by atoms with Crippen LogP contribution in [0.25, 0.3) is 11.1 Å². The lowest BCUT2D eigenvalue weighted by atomic mass is 9.94. The predicted octanol–water partition coefficient (Wildman–Crippen LogP) is 5.97. The zero-order valence-electron chi connectivity index (χ0n) is 23.0. The average Bonchev–Trinajstić information content (AvgIpc) is 3.36. The van der Waals surface area contributed by atoms with Crippen LogP contribution < -0.4 is 20.3 Å². The fourth-order valence-electron chi connectivity index (χ4n) is 5.09. The molecule has 7 nitrogen and oxygen atoms in total. The van der Waals surface area contributed by atoms with Crippen LogP contribution in [0.3, 0.4) is 0 Å². The second-order valence-electron chi connectivity index (χ2n) is 9.95. The van der Waals surface area contributed by atoms with Gasteiger partial charge in [-0.3, -0.25) is 14.1 Å². The summed E-state index contributed by atoms with van der Waals surface area (Å²) in [5, 5.41) is 3.85. The number of rotatable bonds is 9. The molecule has 0 fully saturated rings. The topological polar surface area (TPSA) is 89.4 Å². The Morgan fingerprint density at radius 3 is 2.26 bits per heavy atom. The maximum atomic E-state index is 15.5. The number of nitrogens with zero attached hydrogens (tertiary/aromatic N) is 1. The maximum absolute atomic E-state index is 15.5. The molecule has 1 unspecified atom stereocenters. The number of aromatic nitrogens is 1. The number of nitrogens with one attached hydrogen (secondary N) is 2. The number of ether oxygens (including phenoxy) is 1. The Hall–Kier alpha value is -3.90. The summed E-state index contributed by atoms with van der Waals surface area (Å²) >= 11 is 1.40. The Labute approximate surface area is 245 Å². The first-order valence-electron chi connectivity index (χ1n) is 13.0. The number of halogens is 3. The molecule has 2 N–H and O–H groups in total. The van der Waals surface area contributed by atoms with Gasteiger partial charge in [-0.25, -0.2) is 21.6 Å². The van der Waals surface area contributed by atoms with Crippen LogP contribution in [-0.2, 0) is 16.4 Å². The van der Waals surface area contributed by atoms with Gasteiger partial charge in [-0.05, 0) is 60.5 Å². The van der Waals surface area contributed by atoms with Crippen molar-refractivity contribution < 1.29 is 26.3 Å². The molecular weight excluding hydrogens is 587 g/mol. The molecule has 3 aromatic carbocycles. The molecule has 0 saturated carbocycles. The Morgan fingerprint density at radius 2 is 1.62 bits per heavy atom. The second-order valence-corrected chi connectivity index (χ2v) is 12.7. The molecule has 5 rings (SSSR count). The summed E-state index contributed by atoms with van der Waals surface area (Å²) in [7, 11) is -2.08. The van der Waals surface area contributed by atoms with E-state index in [0.717, 1.165) is 6.26 Å². The first-order chi connectivity index (χ1) is 20.0. The van der Waals surface area contributed by atoms with Crippen molar-refractivity contribution in [1.29, 1.82) is 0 Å². The molecule has 1 aromatic heterocycles. The van der Waals surface area contributed by atoms with Gasteiger partial charge < -0.3 is 10.1 Å². The number of methoxy groups -OCH3 is 1. The summed E-state index contributed by atoms with van der Waals surface area (Å²) in [6, 6.07) is 14.4. The summed E-state index contributed by atoms with van der Waals surface area (Å²) in [5.41, 5.74) is 1.68. The minimum atomic E-state index is -3.42. The standard InChI is InChI=1S/C30H28F3N3O4S2/c1-17-22(14-23-24(31)7-5-8-25(23)32)30-36(29(37)27(17)21-6-4-9-26(40-2)28(21)33)20(16-41-30)15-34-18-10-12-19(13-11-18)35-42(3,38)39/h4-13,20,34-35H,14-16H2,1-3H3. The monoisotopic (exact) mass is 615 g/mol. The van der Waals surface area contributed by atoms with E-state index in [1.807, 2.05) is 0 Å². The number of anilines is 2. The highest BCUT2D eigenvalue weighted by Crippen LogP contribution is 2.41. The Morgan fingerprint density at radius 1 is 0.976 bits per heavy atom. The van der Waals surface area contributed by atoms with Gasteiger partial charge in [0.2, 0.25) is 10.0 Å². The molecule has 4 aromatic rings. The molecule has 0 aliphatic carbocycles. The van der Waals surface area contributed by atoms with Gasteiger partial charge in [0.1, 0.15) is 11.6 Å². The quantitative estimate of drug-likeness (QED) is 0.241. The van der Waals surface area contributed by atoms with Crippen LogP contribution >= 0.6 is 11.8 Å². The third kappa shape index (κ3) is 5.86. The normalized spacial score (nSPS) is 14.5. The highest BCUT2D eigenvalue weighted by atomic mass is 32.2. The third-order valence-corrected chi connectivity index (χ3v) is 8.99. The number of hydrogen-bond acceptors (Lipinski definition) is 6. The van der Waals surface area contributed by atoms with E-state index in [-0.39, 0.29) is 34.9 Å².